The molecule has 0 aliphatic carbocycles. The molecule has 0 spiro atoms. The van der Waals surface area contributed by atoms with Gasteiger partial charge >= 0.3 is 0 Å². The van der Waals surface area contributed by atoms with Gasteiger partial charge in [-0.25, -0.2) is 4.39 Å². The number of aromatic nitrogens is 1. The number of rotatable bonds is 8. The Morgan fingerprint density at radius 2 is 1.96 bits per heavy atom. The van der Waals surface area contributed by atoms with Gasteiger partial charge in [-0.05, 0) is 41.7 Å². The predicted molar refractivity (Wildman–Crippen MR) is 93.4 cm³/mol. The van der Waals surface area contributed by atoms with Crippen molar-refractivity contribution in [3.05, 3.63) is 59.7 Å². The third kappa shape index (κ3) is 5.03. The number of benzene rings is 1. The Labute approximate surface area is 143 Å². The molecule has 0 bridgehead atoms. The molecule has 0 aliphatic heterocycles. The number of halogens is 1. The Kier molecular flexibility index (Phi) is 6.73. The second-order valence-electron chi connectivity index (χ2n) is 6.40. The molecule has 2 aromatic rings. The Morgan fingerprint density at radius 3 is 2.58 bits per heavy atom. The summed E-state index contributed by atoms with van der Waals surface area (Å²) in [5, 5.41) is 0. The Bertz CT molecular complexity index is 631. The van der Waals surface area contributed by atoms with Gasteiger partial charge in [-0.1, -0.05) is 39.8 Å². The SMILES string of the molecule is CCC(C)c1ccc(F)c(OC(OCc2cccnc2)C(C)C)c1. The molecule has 130 valence electrons. The minimum atomic E-state index is -0.521. The van der Waals surface area contributed by atoms with Crippen molar-refractivity contribution < 1.29 is 13.9 Å². The van der Waals surface area contributed by atoms with Crippen molar-refractivity contribution >= 4 is 0 Å². The van der Waals surface area contributed by atoms with Gasteiger partial charge in [0.1, 0.15) is 0 Å². The molecule has 0 aliphatic rings. The summed E-state index contributed by atoms with van der Waals surface area (Å²) in [6, 6.07) is 8.87. The van der Waals surface area contributed by atoms with E-state index >= 15 is 0 Å². The van der Waals surface area contributed by atoms with Gasteiger partial charge in [-0.2, -0.15) is 0 Å². The Hall–Kier alpha value is -1.94. The summed E-state index contributed by atoms with van der Waals surface area (Å²) >= 11 is 0. The molecule has 2 unspecified atom stereocenters. The smallest absolute Gasteiger partial charge is 0.202 e. The van der Waals surface area contributed by atoms with Crippen molar-refractivity contribution in [1.82, 2.24) is 4.98 Å². The van der Waals surface area contributed by atoms with Crippen LogP contribution in [0.3, 0.4) is 0 Å². The highest BCUT2D eigenvalue weighted by atomic mass is 19.1. The summed E-state index contributed by atoms with van der Waals surface area (Å²) < 4.78 is 25.8. The highest BCUT2D eigenvalue weighted by Gasteiger charge is 2.19. The van der Waals surface area contributed by atoms with Crippen LogP contribution in [0, 0.1) is 11.7 Å². The monoisotopic (exact) mass is 331 g/mol. The fraction of sp³-hybridized carbons (Fsp3) is 0.450. The maximum Gasteiger partial charge on any atom is 0.202 e. The topological polar surface area (TPSA) is 31.4 Å². The first kappa shape index (κ1) is 18.4. The molecule has 0 saturated heterocycles. The predicted octanol–water partition coefficient (Wildman–Crippen LogP) is 5.31. The van der Waals surface area contributed by atoms with Crippen molar-refractivity contribution in [2.75, 3.05) is 0 Å². The quantitative estimate of drug-likeness (QED) is 0.614. The highest BCUT2D eigenvalue weighted by molar-refractivity contribution is 5.32. The zero-order valence-electron chi connectivity index (χ0n) is 14.8. The van der Waals surface area contributed by atoms with E-state index in [0.29, 0.717) is 12.5 Å². The fourth-order valence-corrected chi connectivity index (χ4v) is 2.30. The zero-order chi connectivity index (χ0) is 17.5. The summed E-state index contributed by atoms with van der Waals surface area (Å²) in [5.41, 5.74) is 2.03. The lowest BCUT2D eigenvalue weighted by atomic mass is 9.98. The number of nitrogens with zero attached hydrogens (tertiary/aromatic N) is 1. The van der Waals surface area contributed by atoms with E-state index in [-0.39, 0.29) is 17.5 Å². The minimum absolute atomic E-state index is 0.0910. The van der Waals surface area contributed by atoms with E-state index in [4.69, 9.17) is 9.47 Å². The van der Waals surface area contributed by atoms with E-state index in [2.05, 4.69) is 18.8 Å². The van der Waals surface area contributed by atoms with Crippen molar-refractivity contribution in [3.63, 3.8) is 0 Å². The summed E-state index contributed by atoms with van der Waals surface area (Å²) in [7, 11) is 0. The van der Waals surface area contributed by atoms with Crippen molar-refractivity contribution in [2.45, 2.75) is 52.9 Å². The lowest BCUT2D eigenvalue weighted by molar-refractivity contribution is -0.117. The largest absolute Gasteiger partial charge is 0.462 e. The minimum Gasteiger partial charge on any atom is -0.462 e. The van der Waals surface area contributed by atoms with E-state index in [9.17, 15) is 4.39 Å². The summed E-state index contributed by atoms with van der Waals surface area (Å²) in [4.78, 5) is 4.07. The average molecular weight is 331 g/mol. The highest BCUT2D eigenvalue weighted by Crippen LogP contribution is 2.27. The first-order chi connectivity index (χ1) is 11.5. The Morgan fingerprint density at radius 1 is 1.17 bits per heavy atom. The molecule has 0 amide bonds. The van der Waals surface area contributed by atoms with Crippen LogP contribution in [0.25, 0.3) is 0 Å². The van der Waals surface area contributed by atoms with E-state index in [1.165, 1.54) is 6.07 Å². The number of hydrogen-bond donors (Lipinski definition) is 0. The first-order valence-electron chi connectivity index (χ1n) is 8.47. The van der Waals surface area contributed by atoms with Crippen LogP contribution in [-0.4, -0.2) is 11.3 Å². The standard InChI is InChI=1S/C20H26FNO2/c1-5-15(4)17-8-9-18(21)19(11-17)24-20(14(2)3)23-13-16-7-6-10-22-12-16/h6-12,14-15,20H,5,13H2,1-4H3. The van der Waals surface area contributed by atoms with Crippen LogP contribution in [-0.2, 0) is 11.3 Å². The number of pyridine rings is 1. The van der Waals surface area contributed by atoms with Gasteiger partial charge in [-0.15, -0.1) is 0 Å². The normalized spacial score (nSPS) is 13.8. The van der Waals surface area contributed by atoms with Crippen LogP contribution in [0.4, 0.5) is 4.39 Å². The molecular formula is C20H26FNO2. The third-order valence-corrected chi connectivity index (χ3v) is 4.06. The zero-order valence-corrected chi connectivity index (χ0v) is 14.8. The molecule has 0 N–H and O–H groups in total. The molecule has 3 nitrogen and oxygen atoms in total. The fourth-order valence-electron chi connectivity index (χ4n) is 2.30. The van der Waals surface area contributed by atoms with Crippen LogP contribution in [0.5, 0.6) is 5.75 Å². The van der Waals surface area contributed by atoms with Gasteiger partial charge in [0.25, 0.3) is 0 Å². The number of ether oxygens (including phenoxy) is 2. The maximum atomic E-state index is 14.1. The maximum absolute atomic E-state index is 14.1. The average Bonchev–Trinajstić information content (AvgIpc) is 2.60. The van der Waals surface area contributed by atoms with Crippen LogP contribution >= 0.6 is 0 Å². The van der Waals surface area contributed by atoms with Gasteiger partial charge < -0.3 is 9.47 Å². The molecule has 0 radical (unpaired) electrons. The lowest BCUT2D eigenvalue weighted by Gasteiger charge is -2.24. The molecule has 1 heterocycles. The summed E-state index contributed by atoms with van der Waals surface area (Å²) in [6.07, 6.45) is 3.94. The molecule has 2 atom stereocenters. The molecule has 1 aromatic carbocycles. The Balaban J connectivity index is 2.09. The molecule has 24 heavy (non-hydrogen) atoms. The third-order valence-electron chi connectivity index (χ3n) is 4.06. The molecule has 1 aromatic heterocycles. The molecule has 2 rings (SSSR count). The van der Waals surface area contributed by atoms with Crippen molar-refractivity contribution in [2.24, 2.45) is 5.92 Å². The lowest BCUT2D eigenvalue weighted by Crippen LogP contribution is -2.27. The summed E-state index contributed by atoms with van der Waals surface area (Å²) in [6.45, 7) is 8.59. The molecule has 0 fully saturated rings. The summed E-state index contributed by atoms with van der Waals surface area (Å²) in [5.74, 6) is 0.338. The van der Waals surface area contributed by atoms with Crippen LogP contribution in [0.15, 0.2) is 42.7 Å². The molecule has 0 saturated carbocycles. The van der Waals surface area contributed by atoms with Crippen LogP contribution < -0.4 is 4.74 Å². The first-order valence-corrected chi connectivity index (χ1v) is 8.47. The van der Waals surface area contributed by atoms with E-state index in [1.807, 2.05) is 32.0 Å². The number of hydrogen-bond acceptors (Lipinski definition) is 3. The second-order valence-corrected chi connectivity index (χ2v) is 6.40. The van der Waals surface area contributed by atoms with Gasteiger partial charge in [0.2, 0.25) is 6.29 Å². The van der Waals surface area contributed by atoms with Gasteiger partial charge in [-0.3, -0.25) is 4.98 Å². The van der Waals surface area contributed by atoms with Crippen LogP contribution in [0.1, 0.15) is 51.2 Å². The van der Waals surface area contributed by atoms with Crippen molar-refractivity contribution in [1.29, 1.82) is 0 Å². The van der Waals surface area contributed by atoms with Crippen LogP contribution in [0.2, 0.25) is 0 Å². The molecule has 4 heteroatoms. The van der Waals surface area contributed by atoms with E-state index < -0.39 is 6.29 Å². The van der Waals surface area contributed by atoms with Gasteiger partial charge in [0, 0.05) is 18.3 Å². The van der Waals surface area contributed by atoms with E-state index in [0.717, 1.165) is 17.5 Å². The molecular weight excluding hydrogens is 305 g/mol. The van der Waals surface area contributed by atoms with Gasteiger partial charge in [0.05, 0.1) is 6.61 Å². The van der Waals surface area contributed by atoms with E-state index in [1.54, 1.807) is 18.5 Å². The van der Waals surface area contributed by atoms with Gasteiger partial charge in [0.15, 0.2) is 11.6 Å². The second kappa shape index (κ2) is 8.78. The van der Waals surface area contributed by atoms with Crippen molar-refractivity contribution in [3.8, 4) is 5.75 Å².